The van der Waals surface area contributed by atoms with E-state index in [1.807, 2.05) is 12.3 Å². The van der Waals surface area contributed by atoms with Gasteiger partial charge in [-0.1, -0.05) is 13.0 Å². The number of hydrogen-bond acceptors (Lipinski definition) is 1. The minimum Gasteiger partial charge on any atom is -0.256 e. The van der Waals surface area contributed by atoms with Gasteiger partial charge in [-0.3, -0.25) is 4.98 Å². The number of pyridine rings is 1. The molecule has 1 nitrogen and oxygen atoms in total. The molecule has 1 aromatic heterocycles. The van der Waals surface area contributed by atoms with E-state index in [-0.39, 0.29) is 0 Å². The van der Waals surface area contributed by atoms with E-state index in [9.17, 15) is 0 Å². The highest BCUT2D eigenvalue weighted by Crippen LogP contribution is 2.19. The quantitative estimate of drug-likeness (QED) is 0.731. The van der Waals surface area contributed by atoms with E-state index in [0.717, 1.165) is 11.9 Å². The van der Waals surface area contributed by atoms with Crippen LogP contribution in [0.3, 0.4) is 0 Å². The van der Waals surface area contributed by atoms with Crippen LogP contribution in [-0.4, -0.2) is 4.98 Å². The number of halogens is 1. The zero-order valence-corrected chi connectivity index (χ0v) is 9.58. The summed E-state index contributed by atoms with van der Waals surface area (Å²) in [6, 6.07) is 8.51. The summed E-state index contributed by atoms with van der Waals surface area (Å²) >= 11 is 2.35. The molecule has 0 aliphatic carbocycles. The Morgan fingerprint density at radius 2 is 2.15 bits per heavy atom. The number of aromatic nitrogens is 1. The summed E-state index contributed by atoms with van der Waals surface area (Å²) in [6.45, 7) is 2.17. The van der Waals surface area contributed by atoms with Crippen molar-refractivity contribution < 1.29 is 0 Å². The zero-order chi connectivity index (χ0) is 9.26. The van der Waals surface area contributed by atoms with Gasteiger partial charge in [0.05, 0.1) is 5.52 Å². The Labute approximate surface area is 91.3 Å². The molecule has 2 heteroatoms. The number of rotatable bonds is 1. The number of aryl methyl sites for hydroxylation is 1. The van der Waals surface area contributed by atoms with Gasteiger partial charge in [0.15, 0.2) is 0 Å². The van der Waals surface area contributed by atoms with Crippen LogP contribution in [0.2, 0.25) is 0 Å². The first-order valence-electron chi connectivity index (χ1n) is 4.34. The molecule has 2 aromatic rings. The van der Waals surface area contributed by atoms with Gasteiger partial charge in [-0.15, -0.1) is 0 Å². The lowest BCUT2D eigenvalue weighted by Crippen LogP contribution is -1.85. The van der Waals surface area contributed by atoms with Gasteiger partial charge >= 0.3 is 0 Å². The molecule has 0 amide bonds. The molecule has 66 valence electrons. The van der Waals surface area contributed by atoms with Gasteiger partial charge in [-0.25, -0.2) is 0 Å². The summed E-state index contributed by atoms with van der Waals surface area (Å²) in [5, 5.41) is 1.27. The van der Waals surface area contributed by atoms with Crippen molar-refractivity contribution in [3.8, 4) is 0 Å². The summed E-state index contributed by atoms with van der Waals surface area (Å²) in [7, 11) is 0. The Balaban J connectivity index is 2.74. The Kier molecular flexibility index (Phi) is 2.49. The molecule has 0 atom stereocenters. The van der Waals surface area contributed by atoms with E-state index in [1.165, 1.54) is 14.5 Å². The normalized spacial score (nSPS) is 10.6. The molecule has 0 N–H and O–H groups in total. The average Bonchev–Trinajstić information content (AvgIpc) is 2.18. The first-order chi connectivity index (χ1) is 6.31. The lowest BCUT2D eigenvalue weighted by Gasteiger charge is -2.01. The van der Waals surface area contributed by atoms with Crippen molar-refractivity contribution >= 4 is 33.5 Å². The molecule has 1 aromatic carbocycles. The fraction of sp³-hybridized carbons (Fsp3) is 0.182. The van der Waals surface area contributed by atoms with Crippen molar-refractivity contribution in [3.05, 3.63) is 39.6 Å². The SMILES string of the molecule is CCc1ccc2nccc(I)c2c1. The second-order valence-electron chi connectivity index (χ2n) is 3.00. The van der Waals surface area contributed by atoms with E-state index in [1.54, 1.807) is 0 Å². The van der Waals surface area contributed by atoms with Crippen LogP contribution in [0.5, 0.6) is 0 Å². The number of benzene rings is 1. The smallest absolute Gasteiger partial charge is 0.0712 e. The highest BCUT2D eigenvalue weighted by molar-refractivity contribution is 14.1. The number of hydrogen-bond donors (Lipinski definition) is 0. The van der Waals surface area contributed by atoms with E-state index in [2.05, 4.69) is 52.7 Å². The lowest BCUT2D eigenvalue weighted by atomic mass is 10.1. The second kappa shape index (κ2) is 3.62. The van der Waals surface area contributed by atoms with Gasteiger partial charge in [-0.2, -0.15) is 0 Å². The predicted molar refractivity (Wildman–Crippen MR) is 63.8 cm³/mol. The molecule has 0 aliphatic rings. The van der Waals surface area contributed by atoms with E-state index in [4.69, 9.17) is 0 Å². The molecule has 0 unspecified atom stereocenters. The van der Waals surface area contributed by atoms with Crippen LogP contribution in [0.15, 0.2) is 30.5 Å². The van der Waals surface area contributed by atoms with Crippen LogP contribution in [0.25, 0.3) is 10.9 Å². The standard InChI is InChI=1S/C11H10IN/c1-2-8-3-4-11-9(7-8)10(12)5-6-13-11/h3-7H,2H2,1H3. The second-order valence-corrected chi connectivity index (χ2v) is 4.16. The van der Waals surface area contributed by atoms with Gasteiger partial charge in [0, 0.05) is 15.2 Å². The summed E-state index contributed by atoms with van der Waals surface area (Å²) in [5.74, 6) is 0. The first-order valence-corrected chi connectivity index (χ1v) is 5.42. The fourth-order valence-electron chi connectivity index (χ4n) is 1.38. The third-order valence-corrected chi connectivity index (χ3v) is 3.10. The monoisotopic (exact) mass is 283 g/mol. The van der Waals surface area contributed by atoms with Crippen molar-refractivity contribution in [1.82, 2.24) is 4.98 Å². The highest BCUT2D eigenvalue weighted by atomic mass is 127. The molecule has 0 bridgehead atoms. The van der Waals surface area contributed by atoms with Gasteiger partial charge in [0.1, 0.15) is 0 Å². The van der Waals surface area contributed by atoms with Gasteiger partial charge in [0.25, 0.3) is 0 Å². The minimum absolute atomic E-state index is 1.08. The van der Waals surface area contributed by atoms with Crippen LogP contribution < -0.4 is 0 Å². The zero-order valence-electron chi connectivity index (χ0n) is 7.42. The molecule has 2 rings (SSSR count). The number of nitrogens with zero attached hydrogens (tertiary/aromatic N) is 1. The van der Waals surface area contributed by atoms with Crippen molar-refractivity contribution in [1.29, 1.82) is 0 Å². The number of fused-ring (bicyclic) bond motifs is 1. The van der Waals surface area contributed by atoms with Crippen LogP contribution in [0, 0.1) is 3.57 Å². The van der Waals surface area contributed by atoms with Crippen molar-refractivity contribution in [2.24, 2.45) is 0 Å². The molecular formula is C11H10IN. The average molecular weight is 283 g/mol. The van der Waals surface area contributed by atoms with Crippen LogP contribution in [0.1, 0.15) is 12.5 Å². The first kappa shape index (κ1) is 8.94. The lowest BCUT2D eigenvalue weighted by molar-refractivity contribution is 1.14. The third kappa shape index (κ3) is 1.68. The van der Waals surface area contributed by atoms with Crippen molar-refractivity contribution in [3.63, 3.8) is 0 Å². The third-order valence-electron chi connectivity index (χ3n) is 2.16. The Bertz CT molecular complexity index is 437. The molecule has 0 radical (unpaired) electrons. The maximum Gasteiger partial charge on any atom is 0.0712 e. The summed E-state index contributed by atoms with van der Waals surface area (Å²) in [4.78, 5) is 4.31. The topological polar surface area (TPSA) is 12.9 Å². The molecule has 0 saturated heterocycles. The van der Waals surface area contributed by atoms with E-state index in [0.29, 0.717) is 0 Å². The Morgan fingerprint density at radius 3 is 2.92 bits per heavy atom. The van der Waals surface area contributed by atoms with Crippen LogP contribution >= 0.6 is 22.6 Å². The van der Waals surface area contributed by atoms with Crippen LogP contribution in [-0.2, 0) is 6.42 Å². The highest BCUT2D eigenvalue weighted by Gasteiger charge is 1.99. The molecule has 0 fully saturated rings. The molecule has 0 aliphatic heterocycles. The minimum atomic E-state index is 1.08. The van der Waals surface area contributed by atoms with Gasteiger partial charge < -0.3 is 0 Å². The molecule has 1 heterocycles. The van der Waals surface area contributed by atoms with E-state index >= 15 is 0 Å². The summed E-state index contributed by atoms with van der Waals surface area (Å²) in [5.41, 5.74) is 2.46. The summed E-state index contributed by atoms with van der Waals surface area (Å²) < 4.78 is 1.28. The maximum absolute atomic E-state index is 4.31. The van der Waals surface area contributed by atoms with Crippen molar-refractivity contribution in [2.75, 3.05) is 0 Å². The van der Waals surface area contributed by atoms with Gasteiger partial charge in [0.2, 0.25) is 0 Å². The van der Waals surface area contributed by atoms with Crippen LogP contribution in [0.4, 0.5) is 0 Å². The molecular weight excluding hydrogens is 273 g/mol. The largest absolute Gasteiger partial charge is 0.256 e. The molecule has 13 heavy (non-hydrogen) atoms. The Morgan fingerprint density at radius 1 is 1.31 bits per heavy atom. The van der Waals surface area contributed by atoms with E-state index < -0.39 is 0 Å². The molecule has 0 saturated carbocycles. The fourth-order valence-corrected chi connectivity index (χ4v) is 1.97. The Hall–Kier alpha value is -0.640. The maximum atomic E-state index is 4.31. The summed E-state index contributed by atoms with van der Waals surface area (Å²) in [6.07, 6.45) is 2.94. The predicted octanol–water partition coefficient (Wildman–Crippen LogP) is 3.40. The van der Waals surface area contributed by atoms with Gasteiger partial charge in [-0.05, 0) is 52.8 Å². The molecule has 0 spiro atoms. The van der Waals surface area contributed by atoms with Crippen molar-refractivity contribution in [2.45, 2.75) is 13.3 Å².